The minimum Gasteiger partial charge on any atom is -0.378 e. The van der Waals surface area contributed by atoms with Crippen molar-refractivity contribution in [1.82, 2.24) is 9.80 Å². The smallest absolute Gasteiger partial charge is 0.277 e. The Kier molecular flexibility index (Phi) is 7.20. The van der Waals surface area contributed by atoms with Crippen molar-refractivity contribution in [1.29, 1.82) is 0 Å². The van der Waals surface area contributed by atoms with Gasteiger partial charge in [-0.1, -0.05) is 51.2 Å². The van der Waals surface area contributed by atoms with E-state index in [1.807, 2.05) is 4.90 Å². The van der Waals surface area contributed by atoms with Crippen molar-refractivity contribution in [2.45, 2.75) is 45.4 Å². The average Bonchev–Trinajstić information content (AvgIpc) is 2.96. The molecule has 0 atom stereocenters. The van der Waals surface area contributed by atoms with Gasteiger partial charge in [0.05, 0.1) is 18.8 Å². The third kappa shape index (κ3) is 4.61. The molecule has 1 aromatic carbocycles. The number of unbranched alkanes of at least 4 members (excludes halogenated alkanes) is 5. The van der Waals surface area contributed by atoms with Gasteiger partial charge in [-0.25, -0.2) is 4.39 Å². The minimum atomic E-state index is -0.363. The minimum absolute atomic E-state index is 0.236. The molecule has 0 aliphatic carbocycles. The second kappa shape index (κ2) is 9.82. The van der Waals surface area contributed by atoms with Gasteiger partial charge in [-0.05, 0) is 24.1 Å². The molecule has 6 heteroatoms. The number of benzene rings is 1. The molecule has 152 valence electrons. The zero-order chi connectivity index (χ0) is 19.9. The summed E-state index contributed by atoms with van der Waals surface area (Å²) in [5.41, 5.74) is 1.41. The summed E-state index contributed by atoms with van der Waals surface area (Å²) < 4.78 is 18.8. The fourth-order valence-corrected chi connectivity index (χ4v) is 3.77. The Hall–Kier alpha value is -2.21. The van der Waals surface area contributed by atoms with Crippen molar-refractivity contribution in [3.05, 3.63) is 41.3 Å². The number of ether oxygens (including phenoxy) is 1. The predicted octanol–water partition coefficient (Wildman–Crippen LogP) is 3.60. The molecule has 1 saturated heterocycles. The molecular formula is C22H29FN2O3. The van der Waals surface area contributed by atoms with Crippen LogP contribution in [0.2, 0.25) is 0 Å². The molecule has 2 amide bonds. The fraction of sp³-hybridized carbons (Fsp3) is 0.545. The van der Waals surface area contributed by atoms with E-state index in [1.54, 1.807) is 12.1 Å². The lowest BCUT2D eigenvalue weighted by Crippen LogP contribution is -2.40. The number of hydrogen-bond acceptors (Lipinski definition) is 4. The summed E-state index contributed by atoms with van der Waals surface area (Å²) in [4.78, 5) is 29.5. The van der Waals surface area contributed by atoms with Gasteiger partial charge in [-0.2, -0.15) is 0 Å². The summed E-state index contributed by atoms with van der Waals surface area (Å²) in [7, 11) is 0. The molecule has 0 aromatic heterocycles. The molecule has 2 aliphatic heterocycles. The number of morpholine rings is 1. The van der Waals surface area contributed by atoms with Crippen molar-refractivity contribution < 1.29 is 18.7 Å². The molecule has 0 radical (unpaired) electrons. The van der Waals surface area contributed by atoms with E-state index in [-0.39, 0.29) is 17.6 Å². The Morgan fingerprint density at radius 1 is 0.929 bits per heavy atom. The van der Waals surface area contributed by atoms with Crippen LogP contribution in [0.3, 0.4) is 0 Å². The van der Waals surface area contributed by atoms with Gasteiger partial charge in [0.15, 0.2) is 0 Å². The van der Waals surface area contributed by atoms with Crippen molar-refractivity contribution in [2.75, 3.05) is 32.8 Å². The molecule has 2 heterocycles. The first kappa shape index (κ1) is 20.5. The van der Waals surface area contributed by atoms with Crippen LogP contribution in [0.15, 0.2) is 30.0 Å². The Morgan fingerprint density at radius 2 is 1.57 bits per heavy atom. The molecule has 1 aromatic rings. The van der Waals surface area contributed by atoms with Gasteiger partial charge in [0, 0.05) is 19.6 Å². The Labute approximate surface area is 166 Å². The van der Waals surface area contributed by atoms with E-state index >= 15 is 0 Å². The number of carbonyl (C=O) groups excluding carboxylic acids is 2. The molecule has 0 N–H and O–H groups in total. The average molecular weight is 388 g/mol. The number of rotatable bonds is 9. The van der Waals surface area contributed by atoms with Gasteiger partial charge >= 0.3 is 0 Å². The first-order chi connectivity index (χ1) is 13.6. The van der Waals surface area contributed by atoms with Gasteiger partial charge in [0.2, 0.25) is 0 Å². The summed E-state index contributed by atoms with van der Waals surface area (Å²) in [6.45, 7) is 4.81. The number of amides is 2. The number of carbonyl (C=O) groups is 2. The molecular weight excluding hydrogens is 359 g/mol. The summed E-state index contributed by atoms with van der Waals surface area (Å²) in [5.74, 6) is -0.871. The second-order valence-electron chi connectivity index (χ2n) is 7.36. The van der Waals surface area contributed by atoms with Crippen molar-refractivity contribution >= 4 is 17.4 Å². The lowest BCUT2D eigenvalue weighted by Gasteiger charge is -2.29. The van der Waals surface area contributed by atoms with Gasteiger partial charge in [-0.3, -0.25) is 14.5 Å². The van der Waals surface area contributed by atoms with Crippen LogP contribution < -0.4 is 0 Å². The van der Waals surface area contributed by atoms with E-state index in [4.69, 9.17) is 4.74 Å². The summed E-state index contributed by atoms with van der Waals surface area (Å²) in [6, 6.07) is 5.80. The van der Waals surface area contributed by atoms with Crippen LogP contribution in [0.5, 0.6) is 0 Å². The topological polar surface area (TPSA) is 49.9 Å². The number of hydrogen-bond donors (Lipinski definition) is 0. The quantitative estimate of drug-likeness (QED) is 0.479. The Morgan fingerprint density at radius 3 is 2.25 bits per heavy atom. The third-order valence-corrected chi connectivity index (χ3v) is 5.34. The predicted molar refractivity (Wildman–Crippen MR) is 106 cm³/mol. The third-order valence-electron chi connectivity index (χ3n) is 5.34. The molecule has 0 unspecified atom stereocenters. The highest BCUT2D eigenvalue weighted by Crippen LogP contribution is 2.32. The second-order valence-corrected chi connectivity index (χ2v) is 7.36. The highest BCUT2D eigenvalue weighted by molar-refractivity contribution is 6.35. The Bertz CT molecular complexity index is 724. The lowest BCUT2D eigenvalue weighted by molar-refractivity contribution is -0.137. The van der Waals surface area contributed by atoms with Crippen molar-refractivity contribution in [3.8, 4) is 0 Å². The zero-order valence-corrected chi connectivity index (χ0v) is 16.6. The number of imide groups is 1. The van der Waals surface area contributed by atoms with Crippen molar-refractivity contribution in [2.24, 2.45) is 0 Å². The van der Waals surface area contributed by atoms with E-state index in [1.165, 1.54) is 36.3 Å². The van der Waals surface area contributed by atoms with Crippen LogP contribution in [-0.2, 0) is 14.3 Å². The molecule has 0 spiro atoms. The monoisotopic (exact) mass is 388 g/mol. The molecule has 1 fully saturated rings. The normalized spacial score (nSPS) is 17.8. The van der Waals surface area contributed by atoms with Crippen LogP contribution in [-0.4, -0.2) is 54.5 Å². The zero-order valence-electron chi connectivity index (χ0n) is 16.6. The van der Waals surface area contributed by atoms with Crippen molar-refractivity contribution in [3.63, 3.8) is 0 Å². The molecule has 5 nitrogen and oxygen atoms in total. The van der Waals surface area contributed by atoms with E-state index < -0.39 is 0 Å². The van der Waals surface area contributed by atoms with Crippen LogP contribution >= 0.6 is 0 Å². The number of nitrogens with zero attached hydrogens (tertiary/aromatic N) is 2. The van der Waals surface area contributed by atoms with Gasteiger partial charge in [-0.15, -0.1) is 0 Å². The van der Waals surface area contributed by atoms with Gasteiger partial charge in [0.1, 0.15) is 11.5 Å². The fourth-order valence-electron chi connectivity index (χ4n) is 3.77. The van der Waals surface area contributed by atoms with Crippen LogP contribution in [0.1, 0.15) is 51.0 Å². The Balaban J connectivity index is 1.77. The van der Waals surface area contributed by atoms with E-state index in [9.17, 15) is 14.0 Å². The molecule has 0 saturated carbocycles. The summed E-state index contributed by atoms with van der Waals surface area (Å²) >= 11 is 0. The first-order valence-electron chi connectivity index (χ1n) is 10.3. The summed E-state index contributed by atoms with van der Waals surface area (Å²) in [5, 5.41) is 0. The molecule has 2 aliphatic rings. The largest absolute Gasteiger partial charge is 0.378 e. The standard InChI is InChI=1S/C22H29FN2O3/c1-2-3-4-5-6-7-12-25-21(26)19(17-8-10-18(23)11-9-17)20(22(25)27)24-13-15-28-16-14-24/h8-11H,2-7,12-16H2,1H3. The van der Waals surface area contributed by atoms with Gasteiger partial charge in [0.25, 0.3) is 11.8 Å². The van der Waals surface area contributed by atoms with E-state index in [2.05, 4.69) is 6.92 Å². The summed E-state index contributed by atoms with van der Waals surface area (Å²) in [6.07, 6.45) is 6.55. The maximum absolute atomic E-state index is 13.4. The highest BCUT2D eigenvalue weighted by Gasteiger charge is 2.41. The highest BCUT2D eigenvalue weighted by atomic mass is 19.1. The van der Waals surface area contributed by atoms with Crippen LogP contribution in [0.4, 0.5) is 4.39 Å². The maximum Gasteiger partial charge on any atom is 0.277 e. The molecule has 3 rings (SSSR count). The van der Waals surface area contributed by atoms with Crippen LogP contribution in [0.25, 0.3) is 5.57 Å². The first-order valence-corrected chi connectivity index (χ1v) is 10.3. The maximum atomic E-state index is 13.4. The van der Waals surface area contributed by atoms with E-state index in [0.29, 0.717) is 49.7 Å². The molecule has 0 bridgehead atoms. The van der Waals surface area contributed by atoms with Gasteiger partial charge < -0.3 is 9.64 Å². The lowest BCUT2D eigenvalue weighted by atomic mass is 10.0. The molecule has 28 heavy (non-hydrogen) atoms. The van der Waals surface area contributed by atoms with Crippen LogP contribution in [0, 0.1) is 5.82 Å². The van der Waals surface area contributed by atoms with E-state index in [0.717, 1.165) is 19.3 Å². The number of halogens is 1. The SMILES string of the molecule is CCCCCCCCN1C(=O)C(c2ccc(F)cc2)=C(N2CCOCC2)C1=O.